The van der Waals surface area contributed by atoms with Gasteiger partial charge in [-0.15, -0.1) is 0 Å². The van der Waals surface area contributed by atoms with E-state index in [-0.39, 0.29) is 29.1 Å². The van der Waals surface area contributed by atoms with Gasteiger partial charge in [-0.1, -0.05) is 24.3 Å². The van der Waals surface area contributed by atoms with Gasteiger partial charge in [0.05, 0.1) is 24.2 Å². The maximum absolute atomic E-state index is 14.0. The summed E-state index contributed by atoms with van der Waals surface area (Å²) in [7, 11) is -3.78. The number of morpholine rings is 1. The topological polar surface area (TPSA) is 99.5 Å². The van der Waals surface area contributed by atoms with Crippen molar-refractivity contribution in [1.82, 2.24) is 9.62 Å². The van der Waals surface area contributed by atoms with Gasteiger partial charge in [-0.25, -0.2) is 12.8 Å². The summed E-state index contributed by atoms with van der Waals surface area (Å²) in [5.74, 6) is -1.27. The molecular formula is C20H20FN3O4S. The first kappa shape index (κ1) is 20.9. The average molecular weight is 417 g/mol. The van der Waals surface area contributed by atoms with Gasteiger partial charge in [0.25, 0.3) is 5.91 Å². The number of carbonyl (C=O) groups is 1. The molecule has 1 aliphatic heterocycles. The molecule has 1 aliphatic rings. The lowest BCUT2D eigenvalue weighted by atomic mass is 10.0. The van der Waals surface area contributed by atoms with Crippen LogP contribution < -0.4 is 5.32 Å². The lowest BCUT2D eigenvalue weighted by Crippen LogP contribution is -2.40. The van der Waals surface area contributed by atoms with Crippen molar-refractivity contribution in [2.24, 2.45) is 0 Å². The number of ether oxygens (including phenoxy) is 1. The largest absolute Gasteiger partial charge is 0.379 e. The summed E-state index contributed by atoms with van der Waals surface area (Å²) in [5, 5.41) is 11.8. The molecule has 1 heterocycles. The molecular weight excluding hydrogens is 397 g/mol. The Kier molecular flexibility index (Phi) is 6.27. The van der Waals surface area contributed by atoms with E-state index in [1.807, 2.05) is 6.07 Å². The van der Waals surface area contributed by atoms with E-state index in [1.54, 1.807) is 13.0 Å². The summed E-state index contributed by atoms with van der Waals surface area (Å²) in [6.07, 6.45) is 0. The average Bonchev–Trinajstić information content (AvgIpc) is 2.73. The number of hydrogen-bond acceptors (Lipinski definition) is 5. The first-order chi connectivity index (χ1) is 13.8. The zero-order valence-corrected chi connectivity index (χ0v) is 16.6. The van der Waals surface area contributed by atoms with E-state index in [9.17, 15) is 22.9 Å². The minimum absolute atomic E-state index is 0.0189. The molecule has 1 unspecified atom stereocenters. The number of benzene rings is 2. The summed E-state index contributed by atoms with van der Waals surface area (Å²) in [6.45, 7) is 2.75. The van der Waals surface area contributed by atoms with E-state index in [2.05, 4.69) is 5.32 Å². The molecule has 3 rings (SSSR count). The van der Waals surface area contributed by atoms with Crippen LogP contribution in [0.1, 0.15) is 27.5 Å². The highest BCUT2D eigenvalue weighted by Crippen LogP contribution is 2.22. The zero-order valence-electron chi connectivity index (χ0n) is 15.8. The standard InChI is InChI=1S/C20H20FN3O4S/c1-14-6-7-15(29(26,27)24-8-10-28-11-9-24)12-17(14)20(25)23-19(13-22)16-4-2-3-5-18(16)21/h2-7,12,19H,8-11H2,1H3,(H,23,25). The molecule has 0 aliphatic carbocycles. The molecule has 0 bridgehead atoms. The molecule has 152 valence electrons. The quantitative estimate of drug-likeness (QED) is 0.804. The molecule has 1 fully saturated rings. The van der Waals surface area contributed by atoms with Crippen LogP contribution in [-0.4, -0.2) is 44.9 Å². The third-order valence-corrected chi connectivity index (χ3v) is 6.58. The van der Waals surface area contributed by atoms with Crippen LogP contribution in [0.3, 0.4) is 0 Å². The Labute approximate surface area is 168 Å². The Balaban J connectivity index is 1.88. The second-order valence-electron chi connectivity index (χ2n) is 6.55. The zero-order chi connectivity index (χ0) is 21.0. The highest BCUT2D eigenvalue weighted by molar-refractivity contribution is 7.89. The van der Waals surface area contributed by atoms with Crippen LogP contribution in [0, 0.1) is 24.1 Å². The SMILES string of the molecule is Cc1ccc(S(=O)(=O)N2CCOCC2)cc1C(=O)NC(C#N)c1ccccc1F. The van der Waals surface area contributed by atoms with Crippen LogP contribution in [0.4, 0.5) is 4.39 Å². The Hall–Kier alpha value is -2.80. The summed E-state index contributed by atoms with van der Waals surface area (Å²) in [5.41, 5.74) is 0.683. The van der Waals surface area contributed by atoms with Crippen molar-refractivity contribution < 1.29 is 22.3 Å². The molecule has 0 saturated carbocycles. The number of sulfonamides is 1. The first-order valence-electron chi connectivity index (χ1n) is 8.98. The first-order valence-corrected chi connectivity index (χ1v) is 10.4. The van der Waals surface area contributed by atoms with Gasteiger partial charge in [-0.2, -0.15) is 9.57 Å². The number of halogens is 1. The molecule has 1 N–H and O–H groups in total. The van der Waals surface area contributed by atoms with Crippen molar-refractivity contribution >= 4 is 15.9 Å². The fourth-order valence-electron chi connectivity index (χ4n) is 3.04. The van der Waals surface area contributed by atoms with Crippen LogP contribution in [0.25, 0.3) is 0 Å². The van der Waals surface area contributed by atoms with Crippen molar-refractivity contribution in [3.63, 3.8) is 0 Å². The Morgan fingerprint density at radius 3 is 2.59 bits per heavy atom. The van der Waals surface area contributed by atoms with Crippen molar-refractivity contribution in [2.45, 2.75) is 17.9 Å². The monoisotopic (exact) mass is 417 g/mol. The van der Waals surface area contributed by atoms with Gasteiger partial charge >= 0.3 is 0 Å². The highest BCUT2D eigenvalue weighted by Gasteiger charge is 2.28. The lowest BCUT2D eigenvalue weighted by Gasteiger charge is -2.26. The predicted molar refractivity (Wildman–Crippen MR) is 103 cm³/mol. The summed E-state index contributed by atoms with van der Waals surface area (Å²) < 4.78 is 46.2. The normalized spacial score (nSPS) is 16.0. The van der Waals surface area contributed by atoms with E-state index < -0.39 is 27.8 Å². The molecule has 0 radical (unpaired) electrons. The molecule has 2 aromatic rings. The van der Waals surface area contributed by atoms with Crippen molar-refractivity contribution in [3.05, 3.63) is 65.0 Å². The van der Waals surface area contributed by atoms with Crippen LogP contribution in [0.2, 0.25) is 0 Å². The summed E-state index contributed by atoms with van der Waals surface area (Å²) in [4.78, 5) is 12.7. The molecule has 7 nitrogen and oxygen atoms in total. The minimum Gasteiger partial charge on any atom is -0.379 e. The Morgan fingerprint density at radius 1 is 1.24 bits per heavy atom. The van der Waals surface area contributed by atoms with Crippen molar-refractivity contribution in [3.8, 4) is 6.07 Å². The fraction of sp³-hybridized carbons (Fsp3) is 0.300. The van der Waals surface area contributed by atoms with Gasteiger partial charge in [0, 0.05) is 24.2 Å². The second-order valence-corrected chi connectivity index (χ2v) is 8.49. The molecule has 1 amide bonds. The number of nitrogens with one attached hydrogen (secondary N) is 1. The number of hydrogen-bond donors (Lipinski definition) is 1. The summed E-state index contributed by atoms with van der Waals surface area (Å²) >= 11 is 0. The Morgan fingerprint density at radius 2 is 1.93 bits per heavy atom. The third kappa shape index (κ3) is 4.45. The second kappa shape index (κ2) is 8.69. The molecule has 1 saturated heterocycles. The predicted octanol–water partition coefficient (Wildman–Crippen LogP) is 2.15. The maximum Gasteiger partial charge on any atom is 0.252 e. The molecule has 9 heteroatoms. The number of nitrogens with zero attached hydrogens (tertiary/aromatic N) is 2. The van der Waals surface area contributed by atoms with Gasteiger partial charge in [0.15, 0.2) is 0 Å². The van der Waals surface area contributed by atoms with Gasteiger partial charge in [-0.3, -0.25) is 4.79 Å². The third-order valence-electron chi connectivity index (χ3n) is 4.68. The van der Waals surface area contributed by atoms with Crippen molar-refractivity contribution in [2.75, 3.05) is 26.3 Å². The van der Waals surface area contributed by atoms with Crippen LogP contribution >= 0.6 is 0 Å². The number of amides is 1. The number of aryl methyl sites for hydroxylation is 1. The van der Waals surface area contributed by atoms with Crippen LogP contribution in [0.15, 0.2) is 47.4 Å². The van der Waals surface area contributed by atoms with Crippen LogP contribution in [0.5, 0.6) is 0 Å². The molecule has 2 aromatic carbocycles. The smallest absolute Gasteiger partial charge is 0.252 e. The van der Waals surface area contributed by atoms with Crippen LogP contribution in [-0.2, 0) is 14.8 Å². The molecule has 1 atom stereocenters. The van der Waals surface area contributed by atoms with Gasteiger partial charge in [-0.05, 0) is 30.7 Å². The number of rotatable bonds is 5. The van der Waals surface area contributed by atoms with Gasteiger partial charge in [0.2, 0.25) is 10.0 Å². The number of carbonyl (C=O) groups excluding carboxylic acids is 1. The van der Waals surface area contributed by atoms with E-state index in [0.29, 0.717) is 18.8 Å². The lowest BCUT2D eigenvalue weighted by molar-refractivity contribution is 0.0730. The van der Waals surface area contributed by atoms with E-state index in [0.717, 1.165) is 0 Å². The van der Waals surface area contributed by atoms with Gasteiger partial charge in [0.1, 0.15) is 11.9 Å². The molecule has 29 heavy (non-hydrogen) atoms. The fourth-order valence-corrected chi connectivity index (χ4v) is 4.47. The van der Waals surface area contributed by atoms with E-state index in [1.165, 1.54) is 40.7 Å². The molecule has 0 aromatic heterocycles. The van der Waals surface area contributed by atoms with E-state index >= 15 is 0 Å². The van der Waals surface area contributed by atoms with E-state index in [4.69, 9.17) is 4.74 Å². The Bertz CT molecular complexity index is 1060. The number of nitriles is 1. The summed E-state index contributed by atoms with van der Waals surface area (Å²) in [6, 6.07) is 10.6. The van der Waals surface area contributed by atoms with Gasteiger partial charge < -0.3 is 10.1 Å². The minimum atomic E-state index is -3.78. The molecule has 0 spiro atoms. The highest BCUT2D eigenvalue weighted by atomic mass is 32.2. The maximum atomic E-state index is 14.0. The van der Waals surface area contributed by atoms with Crippen molar-refractivity contribution in [1.29, 1.82) is 5.26 Å².